The Balaban J connectivity index is 1.50. The van der Waals surface area contributed by atoms with Crippen molar-refractivity contribution in [3.05, 3.63) is 57.3 Å². The molecule has 1 saturated heterocycles. The summed E-state index contributed by atoms with van der Waals surface area (Å²) in [6.07, 6.45) is 4.88. The predicted molar refractivity (Wildman–Crippen MR) is 100 cm³/mol. The SMILES string of the molecule is Clc1ccc(COc2cncc(CNCC3CCNC3)c2)c(Br)c1. The maximum Gasteiger partial charge on any atom is 0.138 e. The van der Waals surface area contributed by atoms with Gasteiger partial charge in [0.25, 0.3) is 0 Å². The zero-order valence-electron chi connectivity index (χ0n) is 13.4. The zero-order chi connectivity index (χ0) is 16.8. The highest BCUT2D eigenvalue weighted by Crippen LogP contribution is 2.23. The van der Waals surface area contributed by atoms with E-state index in [9.17, 15) is 0 Å². The van der Waals surface area contributed by atoms with E-state index in [2.05, 4.69) is 31.5 Å². The van der Waals surface area contributed by atoms with Gasteiger partial charge in [-0.3, -0.25) is 4.98 Å². The Morgan fingerprint density at radius 1 is 1.33 bits per heavy atom. The lowest BCUT2D eigenvalue weighted by Crippen LogP contribution is -2.24. The van der Waals surface area contributed by atoms with Crippen LogP contribution < -0.4 is 15.4 Å². The van der Waals surface area contributed by atoms with Gasteiger partial charge < -0.3 is 15.4 Å². The molecule has 6 heteroatoms. The highest BCUT2D eigenvalue weighted by atomic mass is 79.9. The van der Waals surface area contributed by atoms with Crippen LogP contribution >= 0.6 is 27.5 Å². The average Bonchev–Trinajstić information content (AvgIpc) is 3.08. The molecule has 2 heterocycles. The van der Waals surface area contributed by atoms with Crippen LogP contribution in [-0.2, 0) is 13.2 Å². The van der Waals surface area contributed by atoms with Crippen molar-refractivity contribution in [3.8, 4) is 5.75 Å². The number of halogens is 2. The van der Waals surface area contributed by atoms with Gasteiger partial charge in [-0.15, -0.1) is 0 Å². The predicted octanol–water partition coefficient (Wildman–Crippen LogP) is 3.78. The number of aromatic nitrogens is 1. The van der Waals surface area contributed by atoms with Crippen molar-refractivity contribution in [2.24, 2.45) is 5.92 Å². The first kappa shape index (κ1) is 17.7. The molecule has 128 valence electrons. The third kappa shape index (κ3) is 5.18. The van der Waals surface area contributed by atoms with E-state index >= 15 is 0 Å². The van der Waals surface area contributed by atoms with E-state index in [1.165, 1.54) is 6.42 Å². The average molecular weight is 411 g/mol. The number of nitrogens with zero attached hydrogens (tertiary/aromatic N) is 1. The lowest BCUT2D eigenvalue weighted by Gasteiger charge is -2.11. The van der Waals surface area contributed by atoms with Crippen molar-refractivity contribution in [2.45, 2.75) is 19.6 Å². The van der Waals surface area contributed by atoms with Crippen LogP contribution in [0.2, 0.25) is 5.02 Å². The van der Waals surface area contributed by atoms with Crippen molar-refractivity contribution in [1.29, 1.82) is 0 Å². The molecule has 1 aliphatic rings. The molecule has 1 aliphatic heterocycles. The van der Waals surface area contributed by atoms with Crippen molar-refractivity contribution in [2.75, 3.05) is 19.6 Å². The minimum absolute atomic E-state index is 0.476. The molecule has 0 aliphatic carbocycles. The highest BCUT2D eigenvalue weighted by molar-refractivity contribution is 9.10. The van der Waals surface area contributed by atoms with Gasteiger partial charge in [0.2, 0.25) is 0 Å². The molecule has 0 bridgehead atoms. The van der Waals surface area contributed by atoms with Crippen LogP contribution in [0.1, 0.15) is 17.5 Å². The third-order valence-electron chi connectivity index (χ3n) is 4.10. The summed E-state index contributed by atoms with van der Waals surface area (Å²) < 4.78 is 6.81. The van der Waals surface area contributed by atoms with Crippen LogP contribution in [0.4, 0.5) is 0 Å². The van der Waals surface area contributed by atoms with Crippen LogP contribution in [0, 0.1) is 5.92 Å². The molecule has 2 aromatic rings. The van der Waals surface area contributed by atoms with Crippen LogP contribution in [0.25, 0.3) is 0 Å². The van der Waals surface area contributed by atoms with Gasteiger partial charge in [0.05, 0.1) is 6.20 Å². The second kappa shape index (κ2) is 8.81. The summed E-state index contributed by atoms with van der Waals surface area (Å²) in [5, 5.41) is 7.59. The molecule has 0 saturated carbocycles. The van der Waals surface area contributed by atoms with Crippen molar-refractivity contribution < 1.29 is 4.74 Å². The molecule has 0 amide bonds. The summed E-state index contributed by atoms with van der Waals surface area (Å²) in [5.74, 6) is 1.51. The summed E-state index contributed by atoms with van der Waals surface area (Å²) >= 11 is 9.47. The van der Waals surface area contributed by atoms with E-state index in [4.69, 9.17) is 16.3 Å². The van der Waals surface area contributed by atoms with Gasteiger partial charge in [-0.2, -0.15) is 0 Å². The number of rotatable bonds is 7. The molecule has 4 nitrogen and oxygen atoms in total. The summed E-state index contributed by atoms with van der Waals surface area (Å²) in [6.45, 7) is 4.58. The number of hydrogen-bond donors (Lipinski definition) is 2. The number of benzene rings is 1. The number of hydrogen-bond acceptors (Lipinski definition) is 4. The van der Waals surface area contributed by atoms with Crippen LogP contribution in [0.5, 0.6) is 5.75 Å². The van der Waals surface area contributed by atoms with Crippen LogP contribution in [0.3, 0.4) is 0 Å². The van der Waals surface area contributed by atoms with Gasteiger partial charge in [0.1, 0.15) is 12.4 Å². The van der Waals surface area contributed by atoms with Gasteiger partial charge in [-0.05, 0) is 55.7 Å². The molecule has 0 spiro atoms. The molecule has 1 atom stereocenters. The molecule has 1 aromatic heterocycles. The summed E-state index contributed by atoms with van der Waals surface area (Å²) in [7, 11) is 0. The Labute approximate surface area is 156 Å². The second-order valence-electron chi connectivity index (χ2n) is 6.04. The normalized spacial score (nSPS) is 17.2. The first-order chi connectivity index (χ1) is 11.7. The topological polar surface area (TPSA) is 46.2 Å². The molecule has 0 radical (unpaired) electrons. The Hall–Kier alpha value is -1.14. The van der Waals surface area contributed by atoms with E-state index in [1.807, 2.05) is 30.5 Å². The molecule has 1 fully saturated rings. The number of ether oxygens (including phenoxy) is 1. The third-order valence-corrected chi connectivity index (χ3v) is 5.08. The standard InChI is InChI=1S/C18H21BrClN3O/c19-18-6-16(20)2-1-15(18)12-24-17-5-14(10-23-11-17)9-22-8-13-3-4-21-7-13/h1-2,5-6,10-11,13,21-22H,3-4,7-9,12H2. The summed E-state index contributed by atoms with van der Waals surface area (Å²) in [6, 6.07) is 7.73. The zero-order valence-corrected chi connectivity index (χ0v) is 15.7. The van der Waals surface area contributed by atoms with Gasteiger partial charge in [0.15, 0.2) is 0 Å². The molecule has 2 N–H and O–H groups in total. The first-order valence-corrected chi connectivity index (χ1v) is 9.30. The Morgan fingerprint density at radius 2 is 2.25 bits per heavy atom. The number of nitrogens with one attached hydrogen (secondary N) is 2. The molecular formula is C18H21BrClN3O. The quantitative estimate of drug-likeness (QED) is 0.729. The Morgan fingerprint density at radius 3 is 3.04 bits per heavy atom. The van der Waals surface area contributed by atoms with Crippen molar-refractivity contribution >= 4 is 27.5 Å². The van der Waals surface area contributed by atoms with Crippen molar-refractivity contribution in [1.82, 2.24) is 15.6 Å². The minimum atomic E-state index is 0.476. The second-order valence-corrected chi connectivity index (χ2v) is 7.33. The van der Waals surface area contributed by atoms with Crippen LogP contribution in [-0.4, -0.2) is 24.6 Å². The molecule has 3 rings (SSSR count). The lowest BCUT2D eigenvalue weighted by molar-refractivity contribution is 0.304. The van der Waals surface area contributed by atoms with Gasteiger partial charge in [0, 0.05) is 27.8 Å². The van der Waals surface area contributed by atoms with Crippen LogP contribution in [0.15, 0.2) is 41.1 Å². The van der Waals surface area contributed by atoms with Gasteiger partial charge in [-0.1, -0.05) is 33.6 Å². The molecule has 24 heavy (non-hydrogen) atoms. The summed E-state index contributed by atoms with van der Waals surface area (Å²) in [4.78, 5) is 4.27. The molecule has 1 aromatic carbocycles. The molecule has 1 unspecified atom stereocenters. The van der Waals surface area contributed by atoms with Gasteiger partial charge in [-0.25, -0.2) is 0 Å². The van der Waals surface area contributed by atoms with E-state index in [0.29, 0.717) is 11.6 Å². The van der Waals surface area contributed by atoms with E-state index in [-0.39, 0.29) is 0 Å². The highest BCUT2D eigenvalue weighted by Gasteiger charge is 2.13. The fourth-order valence-corrected chi connectivity index (χ4v) is 3.55. The Kier molecular flexibility index (Phi) is 6.49. The fourth-order valence-electron chi connectivity index (χ4n) is 2.75. The van der Waals surface area contributed by atoms with Crippen molar-refractivity contribution in [3.63, 3.8) is 0 Å². The fraction of sp³-hybridized carbons (Fsp3) is 0.389. The first-order valence-electron chi connectivity index (χ1n) is 8.13. The monoisotopic (exact) mass is 409 g/mol. The van der Waals surface area contributed by atoms with E-state index < -0.39 is 0 Å². The molecular weight excluding hydrogens is 390 g/mol. The van der Waals surface area contributed by atoms with E-state index in [1.54, 1.807) is 6.20 Å². The van der Waals surface area contributed by atoms with E-state index in [0.717, 1.165) is 53.4 Å². The Bertz CT molecular complexity index is 677. The number of pyridine rings is 1. The smallest absolute Gasteiger partial charge is 0.138 e. The maximum absolute atomic E-state index is 5.96. The summed E-state index contributed by atoms with van der Waals surface area (Å²) in [5.41, 5.74) is 2.19. The van der Waals surface area contributed by atoms with Gasteiger partial charge >= 0.3 is 0 Å². The maximum atomic E-state index is 5.96. The largest absolute Gasteiger partial charge is 0.487 e. The lowest BCUT2D eigenvalue weighted by atomic mass is 10.1. The minimum Gasteiger partial charge on any atom is -0.487 e.